The van der Waals surface area contributed by atoms with Crippen molar-refractivity contribution in [3.05, 3.63) is 108 Å². The normalized spacial score (nSPS) is 23.6. The fourth-order valence-electron chi connectivity index (χ4n) is 12.2. The fraction of sp³-hybridized carbons (Fsp3) is 0.500. The van der Waals surface area contributed by atoms with Gasteiger partial charge in [-0.2, -0.15) is 0 Å². The van der Waals surface area contributed by atoms with Crippen LogP contribution in [0, 0.1) is 17.8 Å². The number of nitrogens with one attached hydrogen (secondary N) is 14. The van der Waals surface area contributed by atoms with Crippen molar-refractivity contribution in [3.63, 3.8) is 0 Å². The second-order valence-corrected chi connectivity index (χ2v) is 29.0. The number of carbonyl (C=O) groups is 14. The summed E-state index contributed by atoms with van der Waals surface area (Å²) >= 11 is 0.865. The number of hydrogen-bond acceptors (Lipinski definition) is 18. The molecule has 0 spiro atoms. The van der Waals surface area contributed by atoms with Crippen LogP contribution in [0.5, 0.6) is 0 Å². The number of guanidine groups is 1. The molecular weight excluding hydrogens is 1440 g/mol. The number of aliphatic hydroxyl groups is 1. The molecule has 2 aromatic heterocycles. The number of carbonyl (C=O) groups excluding carboxylic acids is 14. The van der Waals surface area contributed by atoms with Gasteiger partial charge < -0.3 is 108 Å². The Morgan fingerprint density at radius 3 is 1.45 bits per heavy atom. The molecule has 13 atom stereocenters. The number of amides is 14. The molecule has 1 aliphatic heterocycles. The highest BCUT2D eigenvalue weighted by atomic mass is 32.2. The lowest BCUT2D eigenvalue weighted by atomic mass is 9.96. The Morgan fingerprint density at radius 1 is 0.491 bits per heavy atom. The van der Waals surface area contributed by atoms with E-state index in [1.54, 1.807) is 133 Å². The predicted molar refractivity (Wildman–Crippen MR) is 412 cm³/mol. The molecule has 3 aromatic carbocycles. The zero-order valence-corrected chi connectivity index (χ0v) is 63.6. The van der Waals surface area contributed by atoms with Crippen LogP contribution in [0.3, 0.4) is 0 Å². The van der Waals surface area contributed by atoms with Crippen LogP contribution >= 0.6 is 11.8 Å². The van der Waals surface area contributed by atoms with Gasteiger partial charge in [0.05, 0.1) is 24.8 Å². The van der Waals surface area contributed by atoms with E-state index in [1.165, 1.54) is 6.92 Å². The highest BCUT2D eigenvalue weighted by molar-refractivity contribution is 8.00. The fourth-order valence-corrected chi connectivity index (χ4v) is 13.1. The van der Waals surface area contributed by atoms with Crippen molar-refractivity contribution in [1.29, 1.82) is 0 Å². The molecule has 14 amide bonds. The highest BCUT2D eigenvalue weighted by Gasteiger charge is 2.39. The average molecular weight is 1550 g/mol. The number of fused-ring (bicyclic) bond motifs is 2. The Balaban J connectivity index is 1.41. The molecule has 5 aromatic rings. The van der Waals surface area contributed by atoms with Gasteiger partial charge in [0.1, 0.15) is 66.5 Å². The summed E-state index contributed by atoms with van der Waals surface area (Å²) in [5, 5.41) is 43.7. The van der Waals surface area contributed by atoms with Crippen LogP contribution in [0.1, 0.15) is 110 Å². The summed E-state index contributed by atoms with van der Waals surface area (Å²) in [6, 6.07) is 5.91. The van der Waals surface area contributed by atoms with Crippen molar-refractivity contribution < 1.29 is 72.2 Å². The number of aromatic nitrogens is 2. The van der Waals surface area contributed by atoms with E-state index in [4.69, 9.17) is 28.7 Å². The van der Waals surface area contributed by atoms with Gasteiger partial charge in [-0.1, -0.05) is 115 Å². The van der Waals surface area contributed by atoms with Crippen molar-refractivity contribution in [3.8, 4) is 0 Å². The van der Waals surface area contributed by atoms with Gasteiger partial charge in [0.25, 0.3) is 0 Å². The van der Waals surface area contributed by atoms with E-state index in [-0.39, 0.29) is 76.2 Å². The molecule has 110 heavy (non-hydrogen) atoms. The minimum atomic E-state index is -1.86. The Bertz CT molecular complexity index is 4070. The first-order chi connectivity index (χ1) is 52.3. The van der Waals surface area contributed by atoms with Crippen molar-refractivity contribution in [2.45, 2.75) is 185 Å². The van der Waals surface area contributed by atoms with E-state index in [1.807, 2.05) is 0 Å². The van der Waals surface area contributed by atoms with Crippen LogP contribution in [0.25, 0.3) is 21.8 Å². The van der Waals surface area contributed by atoms with Crippen LogP contribution in [0.15, 0.2) is 96.2 Å². The molecule has 0 radical (unpaired) electrons. The molecule has 35 nitrogen and oxygen atoms in total. The minimum Gasteiger partial charge on any atom is -0.391 e. The lowest BCUT2D eigenvalue weighted by Gasteiger charge is -2.29. The van der Waals surface area contributed by atoms with Crippen LogP contribution in [-0.4, -0.2) is 207 Å². The van der Waals surface area contributed by atoms with Gasteiger partial charge in [-0.15, -0.1) is 11.8 Å². The van der Waals surface area contributed by atoms with E-state index in [2.05, 4.69) is 78.8 Å². The summed E-state index contributed by atoms with van der Waals surface area (Å²) in [7, 11) is 0. The maximum Gasteiger partial charge on any atom is 0.245 e. The third-order valence-electron chi connectivity index (χ3n) is 18.6. The quantitative estimate of drug-likeness (QED) is 0.0188. The first-order valence-electron chi connectivity index (χ1n) is 36.6. The molecule has 6 rings (SSSR count). The third-order valence-corrected chi connectivity index (χ3v) is 19.6. The highest BCUT2D eigenvalue weighted by Crippen LogP contribution is 2.23. The molecule has 0 bridgehead atoms. The Kier molecular flexibility index (Phi) is 34.4. The predicted octanol–water partition coefficient (Wildman–Crippen LogP) is -2.84. The molecule has 0 saturated carbocycles. The van der Waals surface area contributed by atoms with Gasteiger partial charge >= 0.3 is 0 Å². The number of nitrogens with zero attached hydrogens (tertiary/aromatic N) is 1. The summed E-state index contributed by atoms with van der Waals surface area (Å²) in [4.78, 5) is 210. The largest absolute Gasteiger partial charge is 0.391 e. The number of nitrogens with two attached hydrogens (primary N) is 5. The monoisotopic (exact) mass is 1550 g/mol. The van der Waals surface area contributed by atoms with E-state index >= 15 is 4.79 Å². The number of benzene rings is 3. The van der Waals surface area contributed by atoms with E-state index in [0.29, 0.717) is 44.9 Å². The maximum atomic E-state index is 15.1. The molecule has 0 aliphatic carbocycles. The minimum absolute atomic E-state index is 0.0104. The van der Waals surface area contributed by atoms with Crippen LogP contribution < -0.4 is 92.5 Å². The molecule has 598 valence electrons. The zero-order valence-electron chi connectivity index (χ0n) is 62.8. The number of aromatic amines is 2. The van der Waals surface area contributed by atoms with Crippen LogP contribution in [0.4, 0.5) is 0 Å². The zero-order chi connectivity index (χ0) is 80.9. The number of primary amides is 2. The standard InChI is InChI=1S/C74H106N20O15S/c1-8-40(6)61-73(109)94-62(41(7)95)70(106)83-35-57(97)84-49(26-18-28-80-74(78)79)64(100)89-54(32-56(76)96)66(102)88-53(31-44-34-82-48-24-15-13-22-46(44)48)69(105)91-59(38(2)3)71(107)86-50(25-16-17-27-75)65(101)87-52(30-43-33-81-47-23-14-12-21-45(43)47)68(104)92-60(39(4)5)72(108)90-55(63(77)99)36-110-37-58(98)85-51(67(103)93-61)29-42-19-10-9-11-20-42/h9-15,19-24,33-34,38-41,49-55,59-62,81-82,95H,8,16-18,25-32,35-37,75H2,1-7H3,(H2,76,96)(H2,77,99)(H,83,106)(H,84,97)(H,85,98)(H,86,107)(H,87,101)(H,88,102)(H,89,100)(H,90,108)(H,91,105)(H,92,104)(H,93,103)(H,94,109)(H4,78,79,80)/t40-,41+,49-,50-,51+,52-,53-,54-,55-,59-,60-,61-,62-/m0/s1. The molecule has 3 heterocycles. The van der Waals surface area contributed by atoms with Crippen LogP contribution in [-0.2, 0) is 86.4 Å². The van der Waals surface area contributed by atoms with E-state index < -0.39 is 192 Å². The molecule has 0 unspecified atom stereocenters. The summed E-state index contributed by atoms with van der Waals surface area (Å²) < 4.78 is 0. The second-order valence-electron chi connectivity index (χ2n) is 28.0. The number of para-hydroxylation sites is 2. The van der Waals surface area contributed by atoms with Gasteiger partial charge in [0.2, 0.25) is 82.7 Å². The van der Waals surface area contributed by atoms with Crippen molar-refractivity contribution >= 4 is 122 Å². The van der Waals surface area contributed by atoms with Crippen molar-refractivity contribution in [2.75, 3.05) is 31.1 Å². The number of thioether (sulfide) groups is 1. The van der Waals surface area contributed by atoms with Gasteiger partial charge in [0, 0.05) is 65.8 Å². The van der Waals surface area contributed by atoms with Crippen LogP contribution in [0.2, 0.25) is 0 Å². The first kappa shape index (κ1) is 87.8. The van der Waals surface area contributed by atoms with E-state index in [9.17, 15) is 67.4 Å². The van der Waals surface area contributed by atoms with Crippen molar-refractivity contribution in [1.82, 2.24) is 73.8 Å². The Morgan fingerprint density at radius 2 is 0.936 bits per heavy atom. The number of aliphatic imine (C=N–C) groups is 1. The summed E-state index contributed by atoms with van der Waals surface area (Å²) in [5.74, 6) is -16.5. The lowest BCUT2D eigenvalue weighted by Crippen LogP contribution is -2.62. The molecule has 1 aliphatic rings. The Hall–Kier alpha value is -11.1. The number of H-pyrrole nitrogens is 2. The van der Waals surface area contributed by atoms with Gasteiger partial charge in [-0.05, 0) is 92.1 Å². The summed E-state index contributed by atoms with van der Waals surface area (Å²) in [6.07, 6.45) is 0.825. The average Bonchev–Trinajstić information content (AvgIpc) is 1.67. The van der Waals surface area contributed by atoms with Gasteiger partial charge in [0.15, 0.2) is 5.96 Å². The molecule has 1 fully saturated rings. The number of unbranched alkanes of at least 4 members (excludes halogenated alkanes) is 1. The van der Waals surface area contributed by atoms with Gasteiger partial charge in [-0.3, -0.25) is 72.1 Å². The van der Waals surface area contributed by atoms with Crippen molar-refractivity contribution in [2.24, 2.45) is 51.4 Å². The Labute approximate surface area is 641 Å². The van der Waals surface area contributed by atoms with E-state index in [0.717, 1.165) is 11.8 Å². The maximum absolute atomic E-state index is 15.1. The number of aliphatic hydroxyl groups excluding tert-OH is 1. The molecule has 25 N–H and O–H groups in total. The lowest BCUT2D eigenvalue weighted by molar-refractivity contribution is -0.137. The molecular formula is C74H106N20O15S. The van der Waals surface area contributed by atoms with Gasteiger partial charge in [-0.25, -0.2) is 0 Å². The number of rotatable bonds is 22. The number of hydrogen-bond donors (Lipinski definition) is 20. The topological polar surface area (TPSA) is 578 Å². The summed E-state index contributed by atoms with van der Waals surface area (Å²) in [5.41, 5.74) is 31.6. The molecule has 1 saturated heterocycles. The molecule has 36 heteroatoms. The summed E-state index contributed by atoms with van der Waals surface area (Å²) in [6.45, 7) is 10.2. The SMILES string of the molecule is CC[C@H](C)[C@@H]1NC(=O)[C@@H](Cc2ccccc2)NC(=O)CSC[C@@H](C(N)=O)NC(=O)[C@H](C(C)C)NC(=O)[C@H](Cc2c[nH]c3ccccc23)NC(=O)[C@H](CCCCN)NC(=O)[C@H](C(C)C)NC(=O)[C@H](Cc2c[nH]c3ccccc23)NC(=O)[C@H](CC(N)=O)NC(=O)[C@H](CCCN=C(N)N)NC(=O)CNC(=O)[C@H]([C@@H](C)O)NC1=O. The first-order valence-corrected chi connectivity index (χ1v) is 37.8. The third kappa shape index (κ3) is 26.9. The smallest absolute Gasteiger partial charge is 0.245 e. The second kappa shape index (κ2) is 43.2.